The molecule has 1 heterocycles. The first kappa shape index (κ1) is 19.5. The van der Waals surface area contributed by atoms with Gasteiger partial charge in [-0.3, -0.25) is 4.79 Å². The molecule has 1 aromatic carbocycles. The zero-order chi connectivity index (χ0) is 17.7. The molecule has 0 atom stereocenters. The van der Waals surface area contributed by atoms with E-state index in [1.54, 1.807) is 11.8 Å². The number of thioether (sulfide) groups is 1. The number of carbonyl (C=O) groups excluding carboxylic acids is 1. The number of unbranched alkanes of at least 4 members (excludes halogenated alkanes) is 1. The van der Waals surface area contributed by atoms with Crippen molar-refractivity contribution in [3.8, 4) is 0 Å². The average molecular weight is 360 g/mol. The topological polar surface area (TPSA) is 42.2 Å². The predicted octanol–water partition coefficient (Wildman–Crippen LogP) is 3.51. The number of rotatable bonds is 11. The number of carbonyl (C=O) groups is 1. The van der Waals surface area contributed by atoms with Crippen molar-refractivity contribution in [1.29, 1.82) is 0 Å². The number of nitrogens with zero attached hydrogens (tertiary/aromatic N) is 1. The second-order valence-electron chi connectivity index (χ2n) is 5.81. The van der Waals surface area contributed by atoms with Gasteiger partial charge in [-0.1, -0.05) is 43.7 Å². The van der Waals surface area contributed by atoms with Crippen molar-refractivity contribution in [2.75, 3.05) is 30.0 Å². The summed E-state index contributed by atoms with van der Waals surface area (Å²) in [6, 6.07) is 14.2. The number of anilines is 1. The summed E-state index contributed by atoms with van der Waals surface area (Å²) in [6.07, 6.45) is 6.22. The summed E-state index contributed by atoms with van der Waals surface area (Å²) >= 11 is 1.60. The van der Waals surface area contributed by atoms with Gasteiger partial charge in [-0.2, -0.15) is 0 Å². The number of nitrogens with one attached hydrogen (secondary N) is 1. The molecule has 4 nitrogen and oxygen atoms in total. The molecule has 134 valence electrons. The number of ether oxygens (including phenoxy) is 1. The van der Waals surface area contributed by atoms with Crippen molar-refractivity contribution < 1.29 is 14.1 Å². The first-order valence-corrected chi connectivity index (χ1v) is 9.92. The van der Waals surface area contributed by atoms with Gasteiger partial charge in [0, 0.05) is 30.1 Å². The highest BCUT2D eigenvalue weighted by molar-refractivity contribution is 7.99. The van der Waals surface area contributed by atoms with Gasteiger partial charge < -0.3 is 10.1 Å². The van der Waals surface area contributed by atoms with Crippen molar-refractivity contribution in [3.05, 3.63) is 60.4 Å². The largest absolute Gasteiger partial charge is 0.381 e. The van der Waals surface area contributed by atoms with Crippen molar-refractivity contribution in [2.24, 2.45) is 0 Å². The molecule has 2 aromatic rings. The number of amides is 1. The zero-order valence-corrected chi connectivity index (χ0v) is 15.6. The Bertz CT molecular complexity index is 617. The molecule has 0 aliphatic rings. The molecule has 0 aliphatic heterocycles. The number of benzene rings is 1. The Morgan fingerprint density at radius 2 is 1.88 bits per heavy atom. The van der Waals surface area contributed by atoms with Crippen LogP contribution in [-0.4, -0.2) is 30.6 Å². The molecule has 0 spiro atoms. The summed E-state index contributed by atoms with van der Waals surface area (Å²) in [7, 11) is 0. The normalized spacial score (nSPS) is 10.6. The van der Waals surface area contributed by atoms with Gasteiger partial charge in [0.1, 0.15) is 0 Å². The Morgan fingerprint density at radius 1 is 1.12 bits per heavy atom. The fraction of sp³-hybridized carbons (Fsp3) is 0.400. The summed E-state index contributed by atoms with van der Waals surface area (Å²) in [5, 5.41) is 2.93. The van der Waals surface area contributed by atoms with E-state index >= 15 is 0 Å². The quantitative estimate of drug-likeness (QED) is 0.493. The Kier molecular flexibility index (Phi) is 9.08. The Labute approximate surface area is 154 Å². The first-order valence-electron chi connectivity index (χ1n) is 8.76. The molecule has 1 N–H and O–H groups in total. The SMILES string of the molecule is CCCCOCCSCC(=O)Nc1cc[n+](Cc2ccccc2)cc1. The van der Waals surface area contributed by atoms with Crippen LogP contribution in [0, 0.1) is 0 Å². The van der Waals surface area contributed by atoms with Crippen LogP contribution in [0.25, 0.3) is 0 Å². The van der Waals surface area contributed by atoms with Gasteiger partial charge in [-0.05, 0) is 6.42 Å². The lowest BCUT2D eigenvalue weighted by molar-refractivity contribution is -0.688. The summed E-state index contributed by atoms with van der Waals surface area (Å²) < 4.78 is 7.57. The van der Waals surface area contributed by atoms with Crippen LogP contribution in [0.15, 0.2) is 54.9 Å². The minimum absolute atomic E-state index is 0.0272. The number of pyridine rings is 1. The lowest BCUT2D eigenvalue weighted by atomic mass is 10.2. The van der Waals surface area contributed by atoms with Crippen LogP contribution in [-0.2, 0) is 16.1 Å². The molecular formula is C20H27N2O2S+. The zero-order valence-electron chi connectivity index (χ0n) is 14.8. The minimum atomic E-state index is 0.0272. The predicted molar refractivity (Wildman–Crippen MR) is 104 cm³/mol. The summed E-state index contributed by atoms with van der Waals surface area (Å²) in [5.74, 6) is 1.33. The molecule has 1 aromatic heterocycles. The molecule has 5 heteroatoms. The smallest absolute Gasteiger partial charge is 0.234 e. The third-order valence-electron chi connectivity index (χ3n) is 3.63. The molecule has 0 fully saturated rings. The maximum Gasteiger partial charge on any atom is 0.234 e. The molecule has 0 unspecified atom stereocenters. The van der Waals surface area contributed by atoms with E-state index in [1.165, 1.54) is 5.56 Å². The third kappa shape index (κ3) is 8.18. The summed E-state index contributed by atoms with van der Waals surface area (Å²) in [5.41, 5.74) is 2.08. The molecule has 1 amide bonds. The highest BCUT2D eigenvalue weighted by Crippen LogP contribution is 2.06. The molecular weight excluding hydrogens is 332 g/mol. The van der Waals surface area contributed by atoms with Gasteiger partial charge in [-0.15, -0.1) is 11.8 Å². The van der Waals surface area contributed by atoms with E-state index in [4.69, 9.17) is 4.74 Å². The first-order chi connectivity index (χ1) is 12.3. The summed E-state index contributed by atoms with van der Waals surface area (Å²) in [6.45, 7) is 4.50. The second kappa shape index (κ2) is 11.7. The van der Waals surface area contributed by atoms with E-state index < -0.39 is 0 Å². The highest BCUT2D eigenvalue weighted by atomic mass is 32.2. The van der Waals surface area contributed by atoms with E-state index in [1.807, 2.05) is 42.7 Å². The van der Waals surface area contributed by atoms with Crippen LogP contribution in [0.5, 0.6) is 0 Å². The lowest BCUT2D eigenvalue weighted by Crippen LogP contribution is -2.33. The van der Waals surface area contributed by atoms with Crippen LogP contribution in [0.4, 0.5) is 5.69 Å². The maximum absolute atomic E-state index is 11.9. The molecule has 0 saturated carbocycles. The second-order valence-corrected chi connectivity index (χ2v) is 6.92. The number of hydrogen-bond acceptors (Lipinski definition) is 3. The van der Waals surface area contributed by atoms with E-state index in [9.17, 15) is 4.79 Å². The van der Waals surface area contributed by atoms with Crippen molar-refractivity contribution in [2.45, 2.75) is 26.3 Å². The van der Waals surface area contributed by atoms with E-state index in [0.717, 1.165) is 37.4 Å². The Morgan fingerprint density at radius 3 is 2.60 bits per heavy atom. The van der Waals surface area contributed by atoms with Crippen LogP contribution in [0.3, 0.4) is 0 Å². The summed E-state index contributed by atoms with van der Waals surface area (Å²) in [4.78, 5) is 11.9. The van der Waals surface area contributed by atoms with Gasteiger partial charge >= 0.3 is 0 Å². The van der Waals surface area contributed by atoms with Gasteiger partial charge in [0.25, 0.3) is 0 Å². The highest BCUT2D eigenvalue weighted by Gasteiger charge is 2.06. The molecule has 25 heavy (non-hydrogen) atoms. The molecule has 0 saturated heterocycles. The number of hydrogen-bond donors (Lipinski definition) is 1. The maximum atomic E-state index is 11.9. The Hall–Kier alpha value is -1.85. The van der Waals surface area contributed by atoms with Crippen molar-refractivity contribution in [1.82, 2.24) is 0 Å². The molecule has 0 radical (unpaired) electrons. The van der Waals surface area contributed by atoms with Gasteiger partial charge in [0.2, 0.25) is 5.91 Å². The monoisotopic (exact) mass is 359 g/mol. The van der Waals surface area contributed by atoms with E-state index in [2.05, 4.69) is 28.9 Å². The molecule has 0 aliphatic carbocycles. The fourth-order valence-corrected chi connectivity index (χ4v) is 2.91. The van der Waals surface area contributed by atoms with Gasteiger partial charge in [0.15, 0.2) is 18.9 Å². The molecule has 0 bridgehead atoms. The minimum Gasteiger partial charge on any atom is -0.381 e. The van der Waals surface area contributed by atoms with Crippen molar-refractivity contribution >= 4 is 23.4 Å². The Balaban J connectivity index is 1.65. The average Bonchev–Trinajstić information content (AvgIpc) is 2.63. The van der Waals surface area contributed by atoms with Crippen LogP contribution >= 0.6 is 11.8 Å². The van der Waals surface area contributed by atoms with Gasteiger partial charge in [0.05, 0.1) is 18.0 Å². The van der Waals surface area contributed by atoms with Crippen LogP contribution < -0.4 is 9.88 Å². The standard InChI is InChI=1S/C20H26N2O2S/c1-2-3-13-24-14-15-25-17-20(23)21-19-9-11-22(12-10-19)16-18-7-5-4-6-8-18/h4-12H,2-3,13-17H2,1H3/p+1. The van der Waals surface area contributed by atoms with E-state index in [-0.39, 0.29) is 5.91 Å². The van der Waals surface area contributed by atoms with Crippen LogP contribution in [0.2, 0.25) is 0 Å². The fourth-order valence-electron chi connectivity index (χ4n) is 2.27. The number of aromatic nitrogens is 1. The van der Waals surface area contributed by atoms with Gasteiger partial charge in [-0.25, -0.2) is 4.57 Å². The van der Waals surface area contributed by atoms with Crippen LogP contribution in [0.1, 0.15) is 25.3 Å². The van der Waals surface area contributed by atoms with E-state index in [0.29, 0.717) is 12.4 Å². The third-order valence-corrected chi connectivity index (χ3v) is 4.55. The van der Waals surface area contributed by atoms with Crippen molar-refractivity contribution in [3.63, 3.8) is 0 Å². The lowest BCUT2D eigenvalue weighted by Gasteiger charge is -2.05. The molecule has 2 rings (SSSR count).